The zero-order valence-corrected chi connectivity index (χ0v) is 14.9. The van der Waals surface area contributed by atoms with Gasteiger partial charge in [-0.1, -0.05) is 0 Å². The van der Waals surface area contributed by atoms with E-state index in [0.29, 0.717) is 0 Å². The summed E-state index contributed by atoms with van der Waals surface area (Å²) in [5.41, 5.74) is -0.759. The molecule has 8 nitrogen and oxygen atoms in total. The standard InChI is InChI=1S/C15H22O8S/c1-7(16)5-11-13(21-9(3)18)14(22-10(4)19)12(23-15(11)24)6-20-8(2)17/h11-15,24H,5-6H2,1-4H3/t11-,12-,13-,14-,15+/m1/s1. The maximum Gasteiger partial charge on any atom is 0.303 e. The van der Waals surface area contributed by atoms with Gasteiger partial charge in [-0.2, -0.15) is 0 Å². The first-order chi connectivity index (χ1) is 11.1. The molecule has 9 heteroatoms. The summed E-state index contributed by atoms with van der Waals surface area (Å²) in [5.74, 6) is -2.51. The number of esters is 3. The van der Waals surface area contributed by atoms with Crippen LogP contribution in [0.5, 0.6) is 0 Å². The zero-order chi connectivity index (χ0) is 18.4. The van der Waals surface area contributed by atoms with Crippen LogP contribution in [0.1, 0.15) is 34.1 Å². The van der Waals surface area contributed by atoms with E-state index in [-0.39, 0.29) is 18.8 Å². The van der Waals surface area contributed by atoms with E-state index in [4.69, 9.17) is 18.9 Å². The van der Waals surface area contributed by atoms with Gasteiger partial charge < -0.3 is 23.7 Å². The maximum absolute atomic E-state index is 11.5. The Morgan fingerprint density at radius 1 is 0.917 bits per heavy atom. The second-order valence-corrected chi connectivity index (χ2v) is 6.09. The van der Waals surface area contributed by atoms with Crippen LogP contribution in [0.15, 0.2) is 0 Å². The molecular formula is C15H22O8S. The molecule has 1 fully saturated rings. The first-order valence-electron chi connectivity index (χ1n) is 7.42. The predicted octanol–water partition coefficient (Wildman–Crippen LogP) is 0.663. The molecule has 0 unspecified atom stereocenters. The van der Waals surface area contributed by atoms with Crippen LogP contribution in [0, 0.1) is 5.92 Å². The summed E-state index contributed by atoms with van der Waals surface area (Å²) in [7, 11) is 0. The maximum atomic E-state index is 11.5. The van der Waals surface area contributed by atoms with E-state index in [1.165, 1.54) is 27.7 Å². The largest absolute Gasteiger partial charge is 0.463 e. The fourth-order valence-electron chi connectivity index (χ4n) is 2.54. The molecule has 0 aromatic heterocycles. The van der Waals surface area contributed by atoms with Crippen LogP contribution in [0.2, 0.25) is 0 Å². The minimum Gasteiger partial charge on any atom is -0.463 e. The minimum absolute atomic E-state index is 0.0319. The van der Waals surface area contributed by atoms with Gasteiger partial charge in [-0.3, -0.25) is 14.4 Å². The molecule has 5 atom stereocenters. The van der Waals surface area contributed by atoms with Crippen molar-refractivity contribution in [3.8, 4) is 0 Å². The van der Waals surface area contributed by atoms with Gasteiger partial charge in [-0.05, 0) is 6.92 Å². The molecule has 1 aliphatic rings. The number of ether oxygens (including phenoxy) is 4. The Morgan fingerprint density at radius 2 is 1.46 bits per heavy atom. The van der Waals surface area contributed by atoms with Crippen LogP contribution in [0.25, 0.3) is 0 Å². The number of carbonyl (C=O) groups is 4. The molecule has 24 heavy (non-hydrogen) atoms. The number of hydrogen-bond donors (Lipinski definition) is 1. The van der Waals surface area contributed by atoms with Crippen molar-refractivity contribution in [2.75, 3.05) is 6.61 Å². The highest BCUT2D eigenvalue weighted by Crippen LogP contribution is 2.35. The second-order valence-electron chi connectivity index (χ2n) is 5.59. The first-order valence-corrected chi connectivity index (χ1v) is 7.94. The lowest BCUT2D eigenvalue weighted by molar-refractivity contribution is -0.219. The molecule has 1 aliphatic heterocycles. The lowest BCUT2D eigenvalue weighted by Gasteiger charge is -2.43. The molecule has 1 rings (SSSR count). The monoisotopic (exact) mass is 362 g/mol. The van der Waals surface area contributed by atoms with E-state index in [1.807, 2.05) is 0 Å². The summed E-state index contributed by atoms with van der Waals surface area (Å²) in [5, 5.41) is 0. The summed E-state index contributed by atoms with van der Waals surface area (Å²) >= 11 is 4.30. The highest BCUT2D eigenvalue weighted by molar-refractivity contribution is 7.80. The number of carbonyl (C=O) groups excluding carboxylic acids is 4. The molecule has 0 radical (unpaired) electrons. The number of Topliss-reactive ketones (excluding diaryl/α,β-unsaturated/α-hetero) is 1. The summed E-state index contributed by atoms with van der Waals surface area (Å²) in [4.78, 5) is 45.4. The average molecular weight is 362 g/mol. The summed E-state index contributed by atoms with van der Waals surface area (Å²) in [6.07, 6.45) is -2.79. The molecule has 0 bridgehead atoms. The molecule has 0 spiro atoms. The lowest BCUT2D eigenvalue weighted by Crippen LogP contribution is -2.57. The smallest absolute Gasteiger partial charge is 0.303 e. The van der Waals surface area contributed by atoms with E-state index >= 15 is 0 Å². The van der Waals surface area contributed by atoms with E-state index in [2.05, 4.69) is 12.6 Å². The van der Waals surface area contributed by atoms with Crippen LogP contribution in [-0.4, -0.2) is 54.0 Å². The normalized spacial score (nSPS) is 29.5. The molecule has 0 saturated carbocycles. The molecule has 0 N–H and O–H groups in total. The molecular weight excluding hydrogens is 340 g/mol. The highest BCUT2D eigenvalue weighted by Gasteiger charge is 2.49. The Bertz CT molecular complexity index is 506. The second kappa shape index (κ2) is 9.03. The Labute approximate surface area is 145 Å². The molecule has 0 amide bonds. The van der Waals surface area contributed by atoms with Crippen molar-refractivity contribution in [1.29, 1.82) is 0 Å². The van der Waals surface area contributed by atoms with Crippen molar-refractivity contribution in [2.24, 2.45) is 5.92 Å². The topological polar surface area (TPSA) is 105 Å². The molecule has 1 saturated heterocycles. The Hall–Kier alpha value is -1.61. The third-order valence-corrected chi connectivity index (χ3v) is 3.88. The number of rotatable bonds is 6. The van der Waals surface area contributed by atoms with E-state index in [1.54, 1.807) is 0 Å². The van der Waals surface area contributed by atoms with Gasteiger partial charge in [0.1, 0.15) is 30.0 Å². The van der Waals surface area contributed by atoms with E-state index in [9.17, 15) is 19.2 Å². The van der Waals surface area contributed by atoms with Gasteiger partial charge in [0.05, 0.1) is 0 Å². The van der Waals surface area contributed by atoms with Crippen molar-refractivity contribution < 1.29 is 38.1 Å². The third-order valence-electron chi connectivity index (χ3n) is 3.37. The van der Waals surface area contributed by atoms with Crippen LogP contribution < -0.4 is 0 Å². The fraction of sp³-hybridized carbons (Fsp3) is 0.733. The van der Waals surface area contributed by atoms with E-state index in [0.717, 1.165) is 0 Å². The van der Waals surface area contributed by atoms with Crippen molar-refractivity contribution >= 4 is 36.3 Å². The van der Waals surface area contributed by atoms with Gasteiger partial charge in [0.25, 0.3) is 0 Å². The van der Waals surface area contributed by atoms with Crippen LogP contribution >= 0.6 is 12.6 Å². The lowest BCUT2D eigenvalue weighted by atomic mass is 9.88. The van der Waals surface area contributed by atoms with Crippen molar-refractivity contribution in [3.05, 3.63) is 0 Å². The summed E-state index contributed by atoms with van der Waals surface area (Å²) in [6.45, 7) is 4.82. The Balaban J connectivity index is 3.11. The van der Waals surface area contributed by atoms with Gasteiger partial charge in [-0.15, -0.1) is 12.6 Å². The molecule has 136 valence electrons. The first kappa shape index (κ1) is 20.4. The number of ketones is 1. The van der Waals surface area contributed by atoms with E-state index < -0.39 is 47.6 Å². The van der Waals surface area contributed by atoms with Crippen molar-refractivity contribution in [2.45, 2.75) is 57.9 Å². The molecule has 0 aromatic carbocycles. The quantitative estimate of drug-likeness (QED) is 0.417. The van der Waals surface area contributed by atoms with Gasteiger partial charge in [0, 0.05) is 33.1 Å². The highest BCUT2D eigenvalue weighted by atomic mass is 32.1. The summed E-state index contributed by atoms with van der Waals surface area (Å²) in [6, 6.07) is 0. The van der Waals surface area contributed by atoms with Crippen LogP contribution in [0.3, 0.4) is 0 Å². The number of thiol groups is 1. The Morgan fingerprint density at radius 3 is 1.92 bits per heavy atom. The minimum atomic E-state index is -1.02. The van der Waals surface area contributed by atoms with Gasteiger partial charge in [0.2, 0.25) is 0 Å². The third kappa shape index (κ3) is 6.12. The van der Waals surface area contributed by atoms with Crippen LogP contribution in [0.4, 0.5) is 0 Å². The predicted molar refractivity (Wildman–Crippen MR) is 84.2 cm³/mol. The SMILES string of the molecule is CC(=O)C[C@@H]1[C@@H](OC(C)=O)[C@H](OC(C)=O)[C@@H](COC(C)=O)O[C@H]1S. The fourth-order valence-corrected chi connectivity index (χ4v) is 2.97. The number of hydrogen-bond acceptors (Lipinski definition) is 9. The van der Waals surface area contributed by atoms with Crippen LogP contribution in [-0.2, 0) is 38.1 Å². The van der Waals surface area contributed by atoms with Gasteiger partial charge in [-0.25, -0.2) is 0 Å². The van der Waals surface area contributed by atoms with Gasteiger partial charge in [0.15, 0.2) is 6.10 Å². The van der Waals surface area contributed by atoms with Crippen molar-refractivity contribution in [1.82, 2.24) is 0 Å². The van der Waals surface area contributed by atoms with Crippen molar-refractivity contribution in [3.63, 3.8) is 0 Å². The zero-order valence-electron chi connectivity index (χ0n) is 14.0. The molecule has 1 heterocycles. The Kier molecular flexibility index (Phi) is 7.68. The molecule has 0 aromatic rings. The van der Waals surface area contributed by atoms with Gasteiger partial charge >= 0.3 is 17.9 Å². The average Bonchev–Trinajstić information content (AvgIpc) is 2.42. The summed E-state index contributed by atoms with van der Waals surface area (Å²) < 4.78 is 21.1. The molecule has 0 aliphatic carbocycles.